The third kappa shape index (κ3) is 3.52. The van der Waals surface area contributed by atoms with Crippen LogP contribution in [0.15, 0.2) is 6.20 Å². The fourth-order valence-corrected chi connectivity index (χ4v) is 1.52. The fraction of sp³-hybridized carbons (Fsp3) is 0.750. The van der Waals surface area contributed by atoms with E-state index in [1.54, 1.807) is 7.11 Å². The maximum atomic E-state index is 5.43. The van der Waals surface area contributed by atoms with E-state index in [2.05, 4.69) is 41.8 Å². The molecular weight excluding hydrogens is 202 g/mol. The molecular formula is C12H23N3O. The van der Waals surface area contributed by atoms with Crippen LogP contribution < -0.4 is 5.32 Å². The van der Waals surface area contributed by atoms with Gasteiger partial charge in [0.2, 0.25) is 5.95 Å². The molecule has 0 atom stereocenters. The Balaban J connectivity index is 2.78. The SMILES string of the molecule is CCCNc1nc(C)cn1CC(C)(C)OC. The van der Waals surface area contributed by atoms with Crippen molar-refractivity contribution in [2.24, 2.45) is 0 Å². The average molecular weight is 225 g/mol. The zero-order valence-corrected chi connectivity index (χ0v) is 11.0. The lowest BCUT2D eigenvalue weighted by atomic mass is 10.1. The third-order valence-electron chi connectivity index (χ3n) is 2.53. The van der Waals surface area contributed by atoms with Gasteiger partial charge in [0, 0.05) is 19.9 Å². The summed E-state index contributed by atoms with van der Waals surface area (Å²) in [6, 6.07) is 0. The van der Waals surface area contributed by atoms with Gasteiger partial charge in [-0.15, -0.1) is 0 Å². The number of aryl methyl sites for hydroxylation is 1. The molecule has 0 fully saturated rings. The molecule has 0 radical (unpaired) electrons. The molecule has 0 amide bonds. The van der Waals surface area contributed by atoms with E-state index >= 15 is 0 Å². The van der Waals surface area contributed by atoms with Crippen molar-refractivity contribution < 1.29 is 4.74 Å². The standard InChI is InChI=1S/C12H23N3O/c1-6-7-13-11-14-10(2)8-15(11)9-12(3,4)16-5/h8H,6-7,9H2,1-5H3,(H,13,14). The summed E-state index contributed by atoms with van der Waals surface area (Å²) in [5.74, 6) is 0.935. The first-order valence-corrected chi connectivity index (χ1v) is 5.81. The van der Waals surface area contributed by atoms with Crippen LogP contribution in [0, 0.1) is 6.92 Å². The Morgan fingerprint density at radius 2 is 2.19 bits per heavy atom. The van der Waals surface area contributed by atoms with Crippen molar-refractivity contribution in [1.29, 1.82) is 0 Å². The summed E-state index contributed by atoms with van der Waals surface area (Å²) in [7, 11) is 1.74. The fourth-order valence-electron chi connectivity index (χ4n) is 1.52. The van der Waals surface area contributed by atoms with Crippen LogP contribution in [0.3, 0.4) is 0 Å². The predicted octanol–water partition coefficient (Wildman–Crippen LogP) is 2.44. The van der Waals surface area contributed by atoms with Gasteiger partial charge in [0.15, 0.2) is 0 Å². The van der Waals surface area contributed by atoms with E-state index in [4.69, 9.17) is 4.74 Å². The number of hydrogen-bond donors (Lipinski definition) is 1. The smallest absolute Gasteiger partial charge is 0.203 e. The van der Waals surface area contributed by atoms with Crippen molar-refractivity contribution in [3.63, 3.8) is 0 Å². The number of ether oxygens (including phenoxy) is 1. The van der Waals surface area contributed by atoms with Crippen molar-refractivity contribution in [2.75, 3.05) is 19.0 Å². The van der Waals surface area contributed by atoms with E-state index in [-0.39, 0.29) is 5.60 Å². The molecule has 1 rings (SSSR count). The summed E-state index contributed by atoms with van der Waals surface area (Å²) in [6.07, 6.45) is 3.15. The zero-order valence-electron chi connectivity index (χ0n) is 11.0. The van der Waals surface area contributed by atoms with Crippen molar-refractivity contribution in [3.05, 3.63) is 11.9 Å². The van der Waals surface area contributed by atoms with Gasteiger partial charge in [0.05, 0.1) is 17.8 Å². The number of imidazole rings is 1. The highest BCUT2D eigenvalue weighted by molar-refractivity contribution is 5.28. The van der Waals surface area contributed by atoms with Gasteiger partial charge >= 0.3 is 0 Å². The predicted molar refractivity (Wildman–Crippen MR) is 66.8 cm³/mol. The van der Waals surface area contributed by atoms with Gasteiger partial charge in [0.1, 0.15) is 0 Å². The van der Waals surface area contributed by atoms with Crippen LogP contribution in [-0.2, 0) is 11.3 Å². The van der Waals surface area contributed by atoms with E-state index in [0.29, 0.717) is 0 Å². The van der Waals surface area contributed by atoms with Gasteiger partial charge in [-0.1, -0.05) is 6.92 Å². The van der Waals surface area contributed by atoms with Gasteiger partial charge in [-0.25, -0.2) is 4.98 Å². The topological polar surface area (TPSA) is 39.1 Å². The van der Waals surface area contributed by atoms with Gasteiger partial charge in [0.25, 0.3) is 0 Å². The molecule has 4 nitrogen and oxygen atoms in total. The van der Waals surface area contributed by atoms with Crippen molar-refractivity contribution in [2.45, 2.75) is 46.3 Å². The third-order valence-corrected chi connectivity index (χ3v) is 2.53. The van der Waals surface area contributed by atoms with E-state index < -0.39 is 0 Å². The van der Waals surface area contributed by atoms with Gasteiger partial charge in [-0.2, -0.15) is 0 Å². The number of hydrogen-bond acceptors (Lipinski definition) is 3. The van der Waals surface area contributed by atoms with Crippen LogP contribution >= 0.6 is 0 Å². The number of rotatable bonds is 6. The molecule has 0 spiro atoms. The molecule has 0 saturated heterocycles. The first kappa shape index (κ1) is 13.0. The lowest BCUT2D eigenvalue weighted by molar-refractivity contribution is 0.00857. The van der Waals surface area contributed by atoms with Gasteiger partial charge in [-0.05, 0) is 27.2 Å². The van der Waals surface area contributed by atoms with Crippen molar-refractivity contribution >= 4 is 5.95 Å². The second-order valence-corrected chi connectivity index (χ2v) is 4.72. The summed E-state index contributed by atoms with van der Waals surface area (Å²) in [4.78, 5) is 4.46. The highest BCUT2D eigenvalue weighted by Crippen LogP contribution is 2.16. The highest BCUT2D eigenvalue weighted by Gasteiger charge is 2.19. The van der Waals surface area contributed by atoms with E-state index in [1.807, 2.05) is 6.92 Å². The Hall–Kier alpha value is -1.03. The van der Waals surface area contributed by atoms with E-state index in [0.717, 1.165) is 31.2 Å². The molecule has 0 bridgehead atoms. The van der Waals surface area contributed by atoms with Crippen molar-refractivity contribution in [3.8, 4) is 0 Å². The summed E-state index contributed by atoms with van der Waals surface area (Å²) in [5.41, 5.74) is 0.862. The molecule has 0 aromatic carbocycles. The van der Waals surface area contributed by atoms with Gasteiger partial charge < -0.3 is 14.6 Å². The molecule has 0 aliphatic rings. The van der Waals surface area contributed by atoms with Crippen LogP contribution in [0.5, 0.6) is 0 Å². The minimum absolute atomic E-state index is 0.171. The number of nitrogens with zero attached hydrogens (tertiary/aromatic N) is 2. The summed E-state index contributed by atoms with van der Waals surface area (Å²) >= 11 is 0. The highest BCUT2D eigenvalue weighted by atomic mass is 16.5. The number of anilines is 1. The molecule has 1 heterocycles. The Morgan fingerprint density at radius 3 is 2.75 bits per heavy atom. The second-order valence-electron chi connectivity index (χ2n) is 4.72. The lowest BCUT2D eigenvalue weighted by Crippen LogP contribution is -2.29. The number of aromatic nitrogens is 2. The normalized spacial score (nSPS) is 11.8. The molecule has 1 N–H and O–H groups in total. The van der Waals surface area contributed by atoms with E-state index in [1.165, 1.54) is 0 Å². The first-order valence-electron chi connectivity index (χ1n) is 5.81. The van der Waals surface area contributed by atoms with E-state index in [9.17, 15) is 0 Å². The van der Waals surface area contributed by atoms with Crippen LogP contribution in [0.4, 0.5) is 5.95 Å². The van der Waals surface area contributed by atoms with Gasteiger partial charge in [-0.3, -0.25) is 0 Å². The summed E-state index contributed by atoms with van der Waals surface area (Å²) < 4.78 is 7.55. The summed E-state index contributed by atoms with van der Waals surface area (Å²) in [6.45, 7) is 10.1. The molecule has 0 aliphatic heterocycles. The van der Waals surface area contributed by atoms with Crippen LogP contribution in [0.2, 0.25) is 0 Å². The average Bonchev–Trinajstić information content (AvgIpc) is 2.55. The zero-order chi connectivity index (χ0) is 12.2. The number of methoxy groups -OCH3 is 1. The molecule has 1 aromatic rings. The van der Waals surface area contributed by atoms with Crippen LogP contribution in [0.25, 0.3) is 0 Å². The second kappa shape index (κ2) is 5.34. The molecule has 92 valence electrons. The largest absolute Gasteiger partial charge is 0.377 e. The van der Waals surface area contributed by atoms with Crippen LogP contribution in [0.1, 0.15) is 32.9 Å². The monoisotopic (exact) mass is 225 g/mol. The Bertz CT molecular complexity index is 331. The summed E-state index contributed by atoms with van der Waals surface area (Å²) in [5, 5.41) is 3.33. The maximum Gasteiger partial charge on any atom is 0.203 e. The minimum atomic E-state index is -0.171. The Morgan fingerprint density at radius 1 is 1.50 bits per heavy atom. The quantitative estimate of drug-likeness (QED) is 0.808. The van der Waals surface area contributed by atoms with Crippen molar-refractivity contribution in [1.82, 2.24) is 9.55 Å². The van der Waals surface area contributed by atoms with Crippen LogP contribution in [-0.4, -0.2) is 28.8 Å². The Kier molecular flexibility index (Phi) is 4.35. The first-order chi connectivity index (χ1) is 7.48. The minimum Gasteiger partial charge on any atom is -0.377 e. The maximum absolute atomic E-state index is 5.43. The Labute approximate surface area is 98.0 Å². The molecule has 4 heteroatoms. The lowest BCUT2D eigenvalue weighted by Gasteiger charge is -2.24. The molecule has 1 aromatic heterocycles. The number of nitrogens with one attached hydrogen (secondary N) is 1. The molecule has 0 aliphatic carbocycles. The molecule has 0 saturated carbocycles. The molecule has 0 unspecified atom stereocenters. The molecule has 16 heavy (non-hydrogen) atoms.